The molecule has 8 heteroatoms. The summed E-state index contributed by atoms with van der Waals surface area (Å²) in [6.45, 7) is 0.0369. The van der Waals surface area contributed by atoms with E-state index in [1.807, 2.05) is 48.5 Å². The molecule has 0 spiro atoms. The second-order valence-corrected chi connectivity index (χ2v) is 7.36. The van der Waals surface area contributed by atoms with Crippen molar-refractivity contribution >= 4 is 16.8 Å². The van der Waals surface area contributed by atoms with E-state index in [1.165, 1.54) is 17.7 Å². The minimum absolute atomic E-state index is 0.0369. The Bertz CT molecular complexity index is 1440. The Kier molecular flexibility index (Phi) is 5.59. The third kappa shape index (κ3) is 3.90. The van der Waals surface area contributed by atoms with Gasteiger partial charge in [0.1, 0.15) is 5.75 Å². The number of ether oxygens (including phenoxy) is 1. The molecule has 32 heavy (non-hydrogen) atoms. The summed E-state index contributed by atoms with van der Waals surface area (Å²) < 4.78 is 7.57. The molecule has 0 aliphatic carbocycles. The molecule has 0 saturated heterocycles. The molecule has 2 heterocycles. The van der Waals surface area contributed by atoms with E-state index in [4.69, 9.17) is 9.72 Å². The van der Waals surface area contributed by atoms with E-state index in [9.17, 15) is 14.4 Å². The number of nitrogens with zero attached hydrogens (tertiary/aromatic N) is 3. The van der Waals surface area contributed by atoms with Gasteiger partial charge < -0.3 is 10.1 Å². The van der Waals surface area contributed by atoms with Gasteiger partial charge in [0.2, 0.25) is 0 Å². The second kappa shape index (κ2) is 8.50. The number of para-hydroxylation sites is 1. The van der Waals surface area contributed by atoms with E-state index in [1.54, 1.807) is 20.2 Å². The Labute approximate surface area is 183 Å². The smallest absolute Gasteiger partial charge is 0.330 e. The number of hydrogen-bond acceptors (Lipinski definition) is 5. The molecule has 8 nitrogen and oxygen atoms in total. The average Bonchev–Trinajstić information content (AvgIpc) is 2.83. The van der Waals surface area contributed by atoms with Crippen molar-refractivity contribution < 1.29 is 9.53 Å². The number of aromatic nitrogens is 3. The summed E-state index contributed by atoms with van der Waals surface area (Å²) >= 11 is 0. The number of rotatable bonds is 5. The van der Waals surface area contributed by atoms with Crippen molar-refractivity contribution in [2.45, 2.75) is 6.54 Å². The fourth-order valence-corrected chi connectivity index (χ4v) is 3.49. The Morgan fingerprint density at radius 2 is 1.72 bits per heavy atom. The lowest BCUT2D eigenvalue weighted by Crippen LogP contribution is -2.39. The maximum atomic E-state index is 13.1. The van der Waals surface area contributed by atoms with Gasteiger partial charge >= 0.3 is 5.69 Å². The monoisotopic (exact) mass is 430 g/mol. The predicted octanol–water partition coefficient (Wildman–Crippen LogP) is 2.24. The first kappa shape index (κ1) is 21.0. The Hall–Kier alpha value is -4.20. The lowest BCUT2D eigenvalue weighted by molar-refractivity contribution is 0.0951. The number of hydrogen-bond donors (Lipinski definition) is 1. The van der Waals surface area contributed by atoms with Crippen LogP contribution in [0.25, 0.3) is 22.2 Å². The molecule has 4 rings (SSSR count). The van der Waals surface area contributed by atoms with Crippen LogP contribution in [-0.2, 0) is 20.6 Å². The molecule has 0 bridgehead atoms. The van der Waals surface area contributed by atoms with E-state index < -0.39 is 11.2 Å². The number of amides is 1. The first-order chi connectivity index (χ1) is 15.4. The molecule has 0 atom stereocenters. The molecule has 1 amide bonds. The summed E-state index contributed by atoms with van der Waals surface area (Å²) in [6, 6.07) is 17.9. The van der Waals surface area contributed by atoms with Gasteiger partial charge in [0, 0.05) is 36.8 Å². The molecule has 2 aromatic carbocycles. The van der Waals surface area contributed by atoms with Gasteiger partial charge in [-0.05, 0) is 36.4 Å². The predicted molar refractivity (Wildman–Crippen MR) is 122 cm³/mol. The Morgan fingerprint density at radius 3 is 2.44 bits per heavy atom. The van der Waals surface area contributed by atoms with Gasteiger partial charge in [-0.3, -0.25) is 18.7 Å². The zero-order valence-corrected chi connectivity index (χ0v) is 18.0. The van der Waals surface area contributed by atoms with Crippen molar-refractivity contribution in [1.82, 2.24) is 19.4 Å². The molecule has 1 N–H and O–H groups in total. The van der Waals surface area contributed by atoms with Crippen molar-refractivity contribution in [3.63, 3.8) is 0 Å². The van der Waals surface area contributed by atoms with Crippen LogP contribution >= 0.6 is 0 Å². The summed E-state index contributed by atoms with van der Waals surface area (Å²) in [5.74, 6) is 0.401. The van der Waals surface area contributed by atoms with Crippen LogP contribution in [-0.4, -0.2) is 27.1 Å². The van der Waals surface area contributed by atoms with Crippen LogP contribution in [0.3, 0.4) is 0 Å². The molecular weight excluding hydrogens is 408 g/mol. The molecule has 0 saturated carbocycles. The third-order valence-corrected chi connectivity index (χ3v) is 5.40. The molecular formula is C24H22N4O4. The molecule has 0 unspecified atom stereocenters. The number of nitrogens with one attached hydrogen (secondary N) is 1. The van der Waals surface area contributed by atoms with E-state index >= 15 is 0 Å². The number of fused-ring (bicyclic) bond motifs is 1. The highest BCUT2D eigenvalue weighted by Gasteiger charge is 2.15. The van der Waals surface area contributed by atoms with Gasteiger partial charge in [-0.15, -0.1) is 0 Å². The molecule has 0 radical (unpaired) electrons. The van der Waals surface area contributed by atoms with E-state index in [2.05, 4.69) is 5.32 Å². The van der Waals surface area contributed by atoms with E-state index in [-0.39, 0.29) is 12.5 Å². The number of methoxy groups -OCH3 is 1. The molecule has 0 fully saturated rings. The fourth-order valence-electron chi connectivity index (χ4n) is 3.49. The minimum Gasteiger partial charge on any atom is -0.497 e. The van der Waals surface area contributed by atoms with E-state index in [0.717, 1.165) is 15.9 Å². The topological polar surface area (TPSA) is 95.2 Å². The van der Waals surface area contributed by atoms with Gasteiger partial charge in [-0.25, -0.2) is 9.78 Å². The van der Waals surface area contributed by atoms with Gasteiger partial charge in [-0.1, -0.05) is 18.2 Å². The lowest BCUT2D eigenvalue weighted by atomic mass is 10.0. The zero-order chi connectivity index (χ0) is 22.8. The standard InChI is InChI=1S/C24H22N4O4/c1-27-16(12-22(29)28(2)24(27)31)14-25-23(30)19-13-21(15-8-10-17(32-3)11-9-15)26-20-7-5-4-6-18(19)20/h4-13H,14H2,1-3H3,(H,25,30). The summed E-state index contributed by atoms with van der Waals surface area (Å²) in [6.07, 6.45) is 0. The van der Waals surface area contributed by atoms with Crippen molar-refractivity contribution in [2.24, 2.45) is 14.1 Å². The number of pyridine rings is 1. The highest BCUT2D eigenvalue weighted by molar-refractivity contribution is 6.07. The zero-order valence-electron chi connectivity index (χ0n) is 18.0. The number of benzene rings is 2. The van der Waals surface area contributed by atoms with Crippen LogP contribution in [0.5, 0.6) is 5.75 Å². The largest absolute Gasteiger partial charge is 0.497 e. The van der Waals surface area contributed by atoms with Gasteiger partial charge in [0.05, 0.1) is 30.4 Å². The summed E-state index contributed by atoms with van der Waals surface area (Å²) in [5.41, 5.74) is 2.19. The van der Waals surface area contributed by atoms with Crippen LogP contribution in [0.15, 0.2) is 70.3 Å². The number of carbonyl (C=O) groups is 1. The van der Waals surface area contributed by atoms with Crippen molar-refractivity contribution in [3.8, 4) is 17.0 Å². The third-order valence-electron chi connectivity index (χ3n) is 5.40. The van der Waals surface area contributed by atoms with E-state index in [0.29, 0.717) is 27.9 Å². The minimum atomic E-state index is -0.446. The highest BCUT2D eigenvalue weighted by atomic mass is 16.5. The van der Waals surface area contributed by atoms with Gasteiger partial charge in [0.15, 0.2) is 0 Å². The van der Waals surface area contributed by atoms with Gasteiger partial charge in [0.25, 0.3) is 11.5 Å². The maximum Gasteiger partial charge on any atom is 0.330 e. The molecule has 0 aliphatic rings. The Morgan fingerprint density at radius 1 is 1.00 bits per heavy atom. The maximum absolute atomic E-state index is 13.1. The molecule has 162 valence electrons. The van der Waals surface area contributed by atoms with Crippen LogP contribution in [0.2, 0.25) is 0 Å². The number of carbonyl (C=O) groups excluding carboxylic acids is 1. The SMILES string of the molecule is COc1ccc(-c2cc(C(=O)NCc3cc(=O)n(C)c(=O)n3C)c3ccccc3n2)cc1. The van der Waals surface area contributed by atoms with Crippen molar-refractivity contribution in [3.05, 3.63) is 92.8 Å². The summed E-state index contributed by atoms with van der Waals surface area (Å²) in [5, 5.41) is 3.53. The van der Waals surface area contributed by atoms with Crippen LogP contribution in [0, 0.1) is 0 Å². The fraction of sp³-hybridized carbons (Fsp3) is 0.167. The van der Waals surface area contributed by atoms with Crippen LogP contribution in [0.1, 0.15) is 16.1 Å². The first-order valence-corrected chi connectivity index (χ1v) is 9.97. The second-order valence-electron chi connectivity index (χ2n) is 7.36. The van der Waals surface area contributed by atoms with Crippen LogP contribution in [0.4, 0.5) is 0 Å². The summed E-state index contributed by atoms with van der Waals surface area (Å²) in [7, 11) is 4.58. The first-order valence-electron chi connectivity index (χ1n) is 9.97. The Balaban J connectivity index is 1.71. The molecule has 0 aliphatic heterocycles. The van der Waals surface area contributed by atoms with Crippen molar-refractivity contribution in [1.29, 1.82) is 0 Å². The quantitative estimate of drug-likeness (QED) is 0.524. The summed E-state index contributed by atoms with van der Waals surface area (Å²) in [4.78, 5) is 41.9. The lowest BCUT2D eigenvalue weighted by Gasteiger charge is -2.13. The van der Waals surface area contributed by atoms with Gasteiger partial charge in [-0.2, -0.15) is 0 Å². The highest BCUT2D eigenvalue weighted by Crippen LogP contribution is 2.26. The normalized spacial score (nSPS) is 10.8. The molecule has 2 aromatic heterocycles. The van der Waals surface area contributed by atoms with Crippen LogP contribution < -0.4 is 21.3 Å². The molecule has 4 aromatic rings. The van der Waals surface area contributed by atoms with Crippen molar-refractivity contribution in [2.75, 3.05) is 7.11 Å². The average molecular weight is 430 g/mol.